The topological polar surface area (TPSA) is 23.8 Å². The molecule has 1 nitrogen and oxygen atoms in total. The number of unbranched alkanes of at least 4 members (excludes halogenated alkanes) is 7. The first-order valence-electron chi connectivity index (χ1n) is 5.06. The molecule has 0 aromatic heterocycles. The molecule has 0 fully saturated rings. The van der Waals surface area contributed by atoms with E-state index in [0.29, 0.717) is 6.54 Å². The molecule has 74 valence electrons. The molecule has 0 heterocycles. The van der Waals surface area contributed by atoms with E-state index in [2.05, 4.69) is 6.92 Å². The molecule has 0 aromatic carbocycles. The van der Waals surface area contributed by atoms with Crippen molar-refractivity contribution >= 4 is 113 Å². The second-order valence-electron chi connectivity index (χ2n) is 3.22. The smallest absolute Gasteiger partial charge is 0.677 e. The molecule has 0 unspecified atom stereocenters. The molecule has 0 spiro atoms. The summed E-state index contributed by atoms with van der Waals surface area (Å²) in [5.41, 5.74) is 6.95. The normalized spacial score (nSPS) is 6.33. The Bertz CT molecular complexity index is 71.2. The van der Waals surface area contributed by atoms with Crippen LogP contribution in [0.5, 0.6) is 0 Å². The van der Waals surface area contributed by atoms with E-state index in [9.17, 15) is 0 Å². The molecule has 0 aliphatic heterocycles. The number of nitrogens with one attached hydrogen (secondary N) is 1. The van der Waals surface area contributed by atoms with Crippen molar-refractivity contribution in [2.45, 2.75) is 58.3 Å². The fourth-order valence-electron chi connectivity index (χ4n) is 1.26. The van der Waals surface area contributed by atoms with Gasteiger partial charge in [-0.3, -0.25) is 0 Å². The second kappa shape index (κ2) is 49.7. The van der Waals surface area contributed by atoms with Crippen molar-refractivity contribution in [2.75, 3.05) is 6.54 Å². The Hall–Kier alpha value is 4.14. The van der Waals surface area contributed by atoms with Gasteiger partial charge < -0.3 is 5.73 Å². The van der Waals surface area contributed by atoms with Gasteiger partial charge in [0.1, 0.15) is 0 Å². The van der Waals surface area contributed by atoms with Gasteiger partial charge >= 0.3 is 18.9 Å². The van der Waals surface area contributed by atoms with Crippen LogP contribution >= 0.6 is 0 Å². The molecule has 0 aromatic rings. The van der Waals surface area contributed by atoms with E-state index < -0.39 is 0 Å². The van der Waals surface area contributed by atoms with E-state index in [1.165, 1.54) is 44.9 Å². The van der Waals surface area contributed by atoms with Crippen molar-refractivity contribution in [2.24, 2.45) is 0 Å². The van der Waals surface area contributed by atoms with Crippen LogP contribution in [0.3, 0.4) is 0 Å². The van der Waals surface area contributed by atoms with Crippen molar-refractivity contribution in [1.82, 2.24) is 0 Å². The Morgan fingerprint density at radius 1 is 0.556 bits per heavy atom. The van der Waals surface area contributed by atoms with Gasteiger partial charge in [0.2, 0.25) is 0 Å². The minimum absolute atomic E-state index is 0. The van der Waals surface area contributed by atoms with E-state index in [1.807, 2.05) is 0 Å². The van der Waals surface area contributed by atoms with Crippen molar-refractivity contribution in [1.29, 1.82) is 0 Å². The fourth-order valence-corrected chi connectivity index (χ4v) is 1.26. The molecular weight excluding hydrogens is 183 g/mol. The van der Waals surface area contributed by atoms with Crippen molar-refractivity contribution in [3.05, 3.63) is 5.73 Å². The van der Waals surface area contributed by atoms with Gasteiger partial charge in [-0.2, -0.15) is 6.54 Å². The Morgan fingerprint density at radius 3 is 1.11 bits per heavy atom. The predicted molar refractivity (Wildman–Crippen MR) is 86.3 cm³/mol. The largest absolute Gasteiger partial charge is 1.00 e. The van der Waals surface area contributed by atoms with Crippen LogP contribution in [0, 0.1) is 0 Å². The number of rotatable bonds is 8. The Balaban J connectivity index is -0.0000000238. The summed E-state index contributed by atoms with van der Waals surface area (Å²) in [5.74, 6) is 0. The van der Waals surface area contributed by atoms with Gasteiger partial charge in [0.05, 0.1) is 0 Å². The van der Waals surface area contributed by atoms with Gasteiger partial charge in [-0.1, -0.05) is 58.3 Å². The van der Waals surface area contributed by atoms with Gasteiger partial charge in [0, 0.05) is 113 Å². The average Bonchev–Trinajstić information content (AvgIpc) is 2.03. The quantitative estimate of drug-likeness (QED) is 0.354. The van der Waals surface area contributed by atoms with Gasteiger partial charge in [-0.15, -0.1) is 0 Å². The monoisotopic (exact) mass is 205 g/mol. The third-order valence-electron chi connectivity index (χ3n) is 2.03. The summed E-state index contributed by atoms with van der Waals surface area (Å²) in [6.45, 7) is 2.87. The maximum atomic E-state index is 6.95. The Labute approximate surface area is 199 Å². The predicted octanol–water partition coefficient (Wildman–Crippen LogP) is -1.10. The molecule has 0 aliphatic rings. The summed E-state index contributed by atoms with van der Waals surface area (Å²) in [5, 5.41) is 0. The molecule has 0 aliphatic carbocycles. The maximum Gasteiger partial charge on any atom is 1.00 e. The van der Waals surface area contributed by atoms with Gasteiger partial charge in [0.25, 0.3) is 0 Å². The Morgan fingerprint density at radius 2 is 0.833 bits per heavy atom. The van der Waals surface area contributed by atoms with Crippen LogP contribution in [0.4, 0.5) is 0 Å². The summed E-state index contributed by atoms with van der Waals surface area (Å²) in [7, 11) is 0. The fraction of sp³-hybridized carbons (Fsp3) is 1.00. The zero-order valence-corrected chi connectivity index (χ0v) is 14.9. The molecule has 0 amide bonds. The van der Waals surface area contributed by atoms with Crippen molar-refractivity contribution < 1.29 is 18.9 Å². The van der Waals surface area contributed by atoms with Crippen LogP contribution in [-0.2, 0) is 0 Å². The SMILES string of the molecule is CCCCCCCCCC[NH-].[Li+].[Li].[Li].[Li].[Li].[Li].[Li]. The van der Waals surface area contributed by atoms with Crippen LogP contribution in [0.2, 0.25) is 0 Å². The molecule has 0 saturated carbocycles. The summed E-state index contributed by atoms with van der Waals surface area (Å²) >= 11 is 0. The molecule has 0 rings (SSSR count). The summed E-state index contributed by atoms with van der Waals surface area (Å²) < 4.78 is 0. The molecule has 0 atom stereocenters. The first-order chi connectivity index (χ1) is 5.41. The first kappa shape index (κ1) is 49.5. The van der Waals surface area contributed by atoms with Gasteiger partial charge in [-0.05, 0) is 0 Å². The zero-order chi connectivity index (χ0) is 8.36. The van der Waals surface area contributed by atoms with Crippen LogP contribution < -0.4 is 18.9 Å². The van der Waals surface area contributed by atoms with E-state index in [4.69, 9.17) is 5.73 Å². The molecule has 6 radical (unpaired) electrons. The molecule has 0 saturated heterocycles. The molecule has 18 heavy (non-hydrogen) atoms. The van der Waals surface area contributed by atoms with E-state index >= 15 is 0 Å². The Kier molecular flexibility index (Phi) is 137. The standard InChI is InChI=1S/C10H22N.7Li/c1-2-3-4-5-6-7-8-9-10-11;;;;;;;/h11H,2-10H2,1H3;;;;;;;/q-1;;;;;;;+1. The first-order valence-corrected chi connectivity index (χ1v) is 5.06. The third-order valence-corrected chi connectivity index (χ3v) is 2.03. The minimum atomic E-state index is 0. The van der Waals surface area contributed by atoms with E-state index in [1.54, 1.807) is 0 Å². The molecule has 0 bridgehead atoms. The number of hydrogen-bond acceptors (Lipinski definition) is 0. The van der Waals surface area contributed by atoms with Crippen molar-refractivity contribution in [3.8, 4) is 0 Å². The maximum absolute atomic E-state index is 6.95. The minimum Gasteiger partial charge on any atom is -0.677 e. The van der Waals surface area contributed by atoms with E-state index in [0.717, 1.165) is 6.42 Å². The van der Waals surface area contributed by atoms with Gasteiger partial charge in [0.15, 0.2) is 0 Å². The summed E-state index contributed by atoms with van der Waals surface area (Å²) in [6.07, 6.45) is 10.7. The van der Waals surface area contributed by atoms with E-state index in [-0.39, 0.29) is 132 Å². The van der Waals surface area contributed by atoms with Crippen LogP contribution in [0.1, 0.15) is 58.3 Å². The van der Waals surface area contributed by atoms with Crippen LogP contribution in [-0.4, -0.2) is 120 Å². The summed E-state index contributed by atoms with van der Waals surface area (Å²) in [6, 6.07) is 0. The number of hydrogen-bond donors (Lipinski definition) is 0. The summed E-state index contributed by atoms with van der Waals surface area (Å²) in [4.78, 5) is 0. The van der Waals surface area contributed by atoms with Crippen molar-refractivity contribution in [3.63, 3.8) is 0 Å². The molecular formula is C10H22Li7N. The second-order valence-corrected chi connectivity index (χ2v) is 3.22. The molecule has 1 N–H and O–H groups in total. The van der Waals surface area contributed by atoms with Crippen LogP contribution in [0.25, 0.3) is 5.73 Å². The molecule has 8 heteroatoms. The van der Waals surface area contributed by atoms with Crippen LogP contribution in [0.15, 0.2) is 0 Å². The third kappa shape index (κ3) is 50.1. The zero-order valence-electron chi connectivity index (χ0n) is 14.9. The van der Waals surface area contributed by atoms with Gasteiger partial charge in [-0.25, -0.2) is 0 Å². The average molecular weight is 205 g/mol.